The lowest BCUT2D eigenvalue weighted by Crippen LogP contribution is -2.43. The molecule has 0 aliphatic heterocycles. The number of amides is 1. The molecule has 3 N–H and O–H groups in total. The van der Waals surface area contributed by atoms with Gasteiger partial charge in [-0.2, -0.15) is 0 Å². The van der Waals surface area contributed by atoms with Crippen molar-refractivity contribution in [1.29, 1.82) is 0 Å². The number of carboxylic acid groups (broad SMARTS) is 1. The fraction of sp³-hybridized carbons (Fsp3) is 0.846. The standard InChI is InChI=1S/C13H24N2O3/c1-13(2,14)8-7-11(16)15(9-12(17)18)10-5-3-4-6-10/h10H,3-9,14H2,1-2H3,(H,17,18). The third kappa shape index (κ3) is 5.04. The second-order valence-electron chi connectivity index (χ2n) is 5.84. The summed E-state index contributed by atoms with van der Waals surface area (Å²) in [7, 11) is 0. The minimum absolute atomic E-state index is 0.0807. The van der Waals surface area contributed by atoms with Crippen LogP contribution in [-0.4, -0.2) is 40.0 Å². The van der Waals surface area contributed by atoms with Crippen LogP contribution in [0.3, 0.4) is 0 Å². The molecule has 0 saturated heterocycles. The van der Waals surface area contributed by atoms with Gasteiger partial charge >= 0.3 is 5.97 Å². The van der Waals surface area contributed by atoms with Crippen LogP contribution in [0, 0.1) is 0 Å². The first-order chi connectivity index (χ1) is 8.29. The van der Waals surface area contributed by atoms with Gasteiger partial charge in [0.15, 0.2) is 0 Å². The second-order valence-corrected chi connectivity index (χ2v) is 5.84. The third-order valence-corrected chi connectivity index (χ3v) is 3.37. The summed E-state index contributed by atoms with van der Waals surface area (Å²) in [5.41, 5.74) is 5.46. The van der Waals surface area contributed by atoms with Crippen LogP contribution in [0.1, 0.15) is 52.4 Å². The maximum atomic E-state index is 12.1. The molecule has 1 aliphatic carbocycles. The maximum Gasteiger partial charge on any atom is 0.323 e. The molecule has 1 amide bonds. The summed E-state index contributed by atoms with van der Waals surface area (Å²) in [6.45, 7) is 3.56. The van der Waals surface area contributed by atoms with Gasteiger partial charge in [0.2, 0.25) is 5.91 Å². The van der Waals surface area contributed by atoms with Crippen molar-refractivity contribution in [2.75, 3.05) is 6.54 Å². The highest BCUT2D eigenvalue weighted by atomic mass is 16.4. The van der Waals surface area contributed by atoms with Gasteiger partial charge in [-0.1, -0.05) is 12.8 Å². The number of carboxylic acids is 1. The van der Waals surface area contributed by atoms with Gasteiger partial charge in [-0.25, -0.2) is 0 Å². The molecule has 1 aliphatic rings. The molecule has 0 spiro atoms. The smallest absolute Gasteiger partial charge is 0.323 e. The molecule has 0 atom stereocenters. The summed E-state index contributed by atoms with van der Waals surface area (Å²) >= 11 is 0. The van der Waals surface area contributed by atoms with E-state index in [1.807, 2.05) is 13.8 Å². The Hall–Kier alpha value is -1.10. The molecule has 0 unspecified atom stereocenters. The van der Waals surface area contributed by atoms with Crippen molar-refractivity contribution < 1.29 is 14.7 Å². The van der Waals surface area contributed by atoms with Crippen LogP contribution in [-0.2, 0) is 9.59 Å². The minimum atomic E-state index is -0.942. The lowest BCUT2D eigenvalue weighted by molar-refractivity contribution is -0.146. The van der Waals surface area contributed by atoms with Gasteiger partial charge in [0.1, 0.15) is 6.54 Å². The molecule has 18 heavy (non-hydrogen) atoms. The van der Waals surface area contributed by atoms with Crippen molar-refractivity contribution in [3.8, 4) is 0 Å². The van der Waals surface area contributed by atoms with E-state index >= 15 is 0 Å². The first-order valence-electron chi connectivity index (χ1n) is 6.60. The lowest BCUT2D eigenvalue weighted by Gasteiger charge is -2.28. The molecule has 0 bridgehead atoms. The number of hydrogen-bond acceptors (Lipinski definition) is 3. The molecular weight excluding hydrogens is 232 g/mol. The highest BCUT2D eigenvalue weighted by molar-refractivity contribution is 5.81. The molecule has 5 heteroatoms. The molecule has 0 radical (unpaired) electrons. The van der Waals surface area contributed by atoms with E-state index < -0.39 is 5.97 Å². The highest BCUT2D eigenvalue weighted by Crippen LogP contribution is 2.24. The number of carbonyl (C=O) groups excluding carboxylic acids is 1. The van der Waals surface area contributed by atoms with Crippen LogP contribution in [0.15, 0.2) is 0 Å². The Morgan fingerprint density at radius 2 is 1.89 bits per heavy atom. The van der Waals surface area contributed by atoms with Gasteiger partial charge in [0.05, 0.1) is 0 Å². The lowest BCUT2D eigenvalue weighted by atomic mass is 9.99. The van der Waals surface area contributed by atoms with Crippen molar-refractivity contribution in [1.82, 2.24) is 4.90 Å². The van der Waals surface area contributed by atoms with Gasteiger partial charge in [-0.05, 0) is 33.1 Å². The van der Waals surface area contributed by atoms with E-state index in [1.54, 1.807) is 0 Å². The van der Waals surface area contributed by atoms with Crippen LogP contribution in [0.5, 0.6) is 0 Å². The van der Waals surface area contributed by atoms with Gasteiger partial charge in [0.25, 0.3) is 0 Å². The first-order valence-corrected chi connectivity index (χ1v) is 6.60. The zero-order valence-corrected chi connectivity index (χ0v) is 11.3. The van der Waals surface area contributed by atoms with Crippen molar-refractivity contribution in [2.24, 2.45) is 5.73 Å². The van der Waals surface area contributed by atoms with E-state index in [-0.39, 0.29) is 24.0 Å². The molecule has 0 aromatic heterocycles. The van der Waals surface area contributed by atoms with Gasteiger partial charge in [-0.15, -0.1) is 0 Å². The molecule has 1 fully saturated rings. The Balaban J connectivity index is 2.58. The summed E-state index contributed by atoms with van der Waals surface area (Å²) in [5, 5.41) is 8.90. The summed E-state index contributed by atoms with van der Waals surface area (Å²) in [5.74, 6) is -1.02. The van der Waals surface area contributed by atoms with Crippen molar-refractivity contribution >= 4 is 11.9 Å². The molecule has 0 heterocycles. The Morgan fingerprint density at radius 3 is 2.33 bits per heavy atom. The number of nitrogens with two attached hydrogens (primary N) is 1. The number of carbonyl (C=O) groups is 2. The Morgan fingerprint density at radius 1 is 1.33 bits per heavy atom. The van der Waals surface area contributed by atoms with Crippen molar-refractivity contribution in [2.45, 2.75) is 64.0 Å². The molecule has 1 saturated carbocycles. The molecule has 0 aromatic rings. The third-order valence-electron chi connectivity index (χ3n) is 3.37. The maximum absolute atomic E-state index is 12.1. The van der Waals surface area contributed by atoms with Gasteiger partial charge in [0, 0.05) is 18.0 Å². The van der Waals surface area contributed by atoms with Crippen LogP contribution in [0.4, 0.5) is 0 Å². The van der Waals surface area contributed by atoms with Crippen molar-refractivity contribution in [3.63, 3.8) is 0 Å². The van der Waals surface area contributed by atoms with Crippen LogP contribution >= 0.6 is 0 Å². The predicted molar refractivity (Wildman–Crippen MR) is 69.1 cm³/mol. The van der Waals surface area contributed by atoms with E-state index in [0.717, 1.165) is 25.7 Å². The van der Waals surface area contributed by atoms with Crippen LogP contribution in [0.2, 0.25) is 0 Å². The van der Waals surface area contributed by atoms with Gasteiger partial charge < -0.3 is 15.7 Å². The van der Waals surface area contributed by atoms with E-state index in [1.165, 1.54) is 4.90 Å². The average molecular weight is 256 g/mol. The fourth-order valence-electron chi connectivity index (χ4n) is 2.36. The van der Waals surface area contributed by atoms with E-state index in [2.05, 4.69) is 0 Å². The average Bonchev–Trinajstić information content (AvgIpc) is 2.74. The monoisotopic (exact) mass is 256 g/mol. The number of rotatable bonds is 6. The first kappa shape index (κ1) is 15.0. The quantitative estimate of drug-likeness (QED) is 0.751. The normalized spacial score (nSPS) is 16.8. The molecular formula is C13H24N2O3. The van der Waals surface area contributed by atoms with Gasteiger partial charge in [-0.3, -0.25) is 9.59 Å². The minimum Gasteiger partial charge on any atom is -0.480 e. The topological polar surface area (TPSA) is 83.6 Å². The summed E-state index contributed by atoms with van der Waals surface area (Å²) in [4.78, 5) is 24.5. The fourth-order valence-corrected chi connectivity index (χ4v) is 2.36. The summed E-state index contributed by atoms with van der Waals surface area (Å²) < 4.78 is 0. The molecule has 104 valence electrons. The van der Waals surface area contributed by atoms with E-state index in [0.29, 0.717) is 12.8 Å². The Kier molecular flexibility index (Phi) is 5.14. The molecule has 5 nitrogen and oxygen atoms in total. The van der Waals surface area contributed by atoms with Crippen LogP contribution in [0.25, 0.3) is 0 Å². The summed E-state index contributed by atoms with van der Waals surface area (Å²) in [6, 6.07) is 0.106. The van der Waals surface area contributed by atoms with Crippen LogP contribution < -0.4 is 5.73 Å². The highest BCUT2D eigenvalue weighted by Gasteiger charge is 2.28. The largest absolute Gasteiger partial charge is 0.480 e. The summed E-state index contributed by atoms with van der Waals surface area (Å²) in [6.07, 6.45) is 4.91. The number of aliphatic carboxylic acids is 1. The van der Waals surface area contributed by atoms with E-state index in [9.17, 15) is 9.59 Å². The molecule has 0 aromatic carbocycles. The molecule has 1 rings (SSSR count). The SMILES string of the molecule is CC(C)(N)CCC(=O)N(CC(=O)O)C1CCCC1. The Bertz CT molecular complexity index is 304. The predicted octanol–water partition coefficient (Wildman–Crippen LogP) is 1.36. The van der Waals surface area contributed by atoms with E-state index in [4.69, 9.17) is 10.8 Å². The Labute approximate surface area is 108 Å². The zero-order chi connectivity index (χ0) is 13.8. The zero-order valence-electron chi connectivity index (χ0n) is 11.3. The second kappa shape index (κ2) is 6.18. The van der Waals surface area contributed by atoms with Crippen molar-refractivity contribution in [3.05, 3.63) is 0 Å². The number of hydrogen-bond donors (Lipinski definition) is 2. The number of nitrogens with zero attached hydrogens (tertiary/aromatic N) is 1.